The van der Waals surface area contributed by atoms with E-state index in [1.165, 1.54) is 19.3 Å². The summed E-state index contributed by atoms with van der Waals surface area (Å²) in [7, 11) is 0. The van der Waals surface area contributed by atoms with Gasteiger partial charge in [-0.05, 0) is 103 Å². The van der Waals surface area contributed by atoms with E-state index in [2.05, 4.69) is 14.5 Å². The smallest absolute Gasteiger partial charge is 0.335 e. The molecule has 0 saturated heterocycles. The molecule has 0 amide bonds. The third-order valence-electron chi connectivity index (χ3n) is 9.61. The molecule has 4 aromatic carbocycles. The Balaban J connectivity index is 0.000000251. The molecule has 3 aromatic heterocycles. The van der Waals surface area contributed by atoms with Gasteiger partial charge in [0.05, 0.1) is 34.6 Å². The van der Waals surface area contributed by atoms with E-state index in [0.717, 1.165) is 63.4 Å². The van der Waals surface area contributed by atoms with Crippen LogP contribution in [0.15, 0.2) is 128 Å². The third kappa shape index (κ3) is 8.47. The molecule has 3 heterocycles. The molecule has 0 bridgehead atoms. The van der Waals surface area contributed by atoms with Crippen molar-refractivity contribution in [1.29, 1.82) is 0 Å². The summed E-state index contributed by atoms with van der Waals surface area (Å²) in [5, 5.41) is 20.0. The molecule has 7 aromatic rings. The van der Waals surface area contributed by atoms with E-state index in [1.54, 1.807) is 24.5 Å². The predicted molar refractivity (Wildman–Crippen MR) is 214 cm³/mol. The second-order valence-corrected chi connectivity index (χ2v) is 14.0. The lowest BCUT2D eigenvalue weighted by atomic mass is 9.95. The van der Waals surface area contributed by atoms with Gasteiger partial charge in [-0.1, -0.05) is 78.9 Å². The summed E-state index contributed by atoms with van der Waals surface area (Å²) in [6, 6.07) is 36.4. The monoisotopic (exact) mass is 756 g/mol. The first-order valence-electron chi connectivity index (χ1n) is 17.9. The van der Waals surface area contributed by atoms with Crippen molar-refractivity contribution in [3.05, 3.63) is 155 Å². The highest BCUT2D eigenvalue weighted by molar-refractivity contribution is 6.30. The van der Waals surface area contributed by atoms with E-state index in [4.69, 9.17) is 38.0 Å². The summed E-state index contributed by atoms with van der Waals surface area (Å²) in [6.45, 7) is 0.273. The average molecular weight is 758 g/mol. The summed E-state index contributed by atoms with van der Waals surface area (Å²) in [5.74, 6) is 0.653. The number of aliphatic hydroxyl groups is 1. The number of halogens is 2. The average Bonchev–Trinajstić information content (AvgIpc) is 3.60. The predicted octanol–water partition coefficient (Wildman–Crippen LogP) is 11.1. The summed E-state index contributed by atoms with van der Waals surface area (Å²) >= 11 is 11.9. The Labute approximate surface area is 323 Å². The molecule has 272 valence electrons. The molecule has 2 N–H and O–H groups in total. The molecule has 0 atom stereocenters. The minimum Gasteiger partial charge on any atom is -0.487 e. The first-order chi connectivity index (χ1) is 26.4. The number of aromatic nitrogens is 4. The number of aromatic carboxylic acids is 1. The van der Waals surface area contributed by atoms with Crippen LogP contribution < -0.4 is 4.74 Å². The zero-order valence-corrected chi connectivity index (χ0v) is 30.9. The van der Waals surface area contributed by atoms with Gasteiger partial charge in [-0.2, -0.15) is 0 Å². The first kappa shape index (κ1) is 36.8. The van der Waals surface area contributed by atoms with Crippen molar-refractivity contribution in [3.8, 4) is 39.4 Å². The van der Waals surface area contributed by atoms with Crippen LogP contribution in [0, 0.1) is 0 Å². The maximum atomic E-state index is 11.6. The zero-order valence-electron chi connectivity index (χ0n) is 29.4. The van der Waals surface area contributed by atoms with E-state index in [9.17, 15) is 9.90 Å². The van der Waals surface area contributed by atoms with Crippen LogP contribution in [0.25, 0.3) is 44.7 Å². The number of rotatable bonds is 9. The Kier molecular flexibility index (Phi) is 11.6. The van der Waals surface area contributed by atoms with E-state index >= 15 is 0 Å². The topological polar surface area (TPSA) is 110 Å². The quantitative estimate of drug-likeness (QED) is 0.151. The first-order valence-corrected chi connectivity index (χ1v) is 18.6. The Hall–Kier alpha value is -5.54. The summed E-state index contributed by atoms with van der Waals surface area (Å²) in [5.41, 5.74) is 8.43. The Morgan fingerprint density at radius 3 is 1.89 bits per heavy atom. The lowest BCUT2D eigenvalue weighted by Crippen LogP contribution is -2.14. The summed E-state index contributed by atoms with van der Waals surface area (Å²) in [6.07, 6.45) is 9.27. The Morgan fingerprint density at radius 1 is 0.722 bits per heavy atom. The van der Waals surface area contributed by atoms with Crippen molar-refractivity contribution in [2.45, 2.75) is 51.4 Å². The number of carboxylic acid groups (broad SMARTS) is 1. The fourth-order valence-corrected chi connectivity index (χ4v) is 7.15. The lowest BCUT2D eigenvalue weighted by Gasteiger charge is -2.25. The van der Waals surface area contributed by atoms with Crippen LogP contribution in [-0.2, 0) is 13.2 Å². The normalized spacial score (nSPS) is 12.9. The van der Waals surface area contributed by atoms with E-state index < -0.39 is 5.97 Å². The molecule has 10 heteroatoms. The molecule has 8 nitrogen and oxygen atoms in total. The number of hydrogen-bond acceptors (Lipinski definition) is 6. The van der Waals surface area contributed by atoms with Crippen molar-refractivity contribution in [3.63, 3.8) is 0 Å². The molecule has 8 rings (SSSR count). The number of ether oxygens (including phenoxy) is 1. The SMILES string of the molecule is O=C(O)c1ccc2c(c1)nc(-c1ccc(OCc3ncccc3-c3ccc(Cl)cc3)cc1)n2C1CCCCC1.OCc1ncccc1-c1ccc(Cl)cc1. The number of fused-ring (bicyclic) bond motifs is 1. The Bertz CT molecular complexity index is 2360. The highest BCUT2D eigenvalue weighted by Crippen LogP contribution is 2.37. The van der Waals surface area contributed by atoms with Crippen LogP contribution in [0.3, 0.4) is 0 Å². The van der Waals surface area contributed by atoms with Crippen LogP contribution in [-0.4, -0.2) is 35.7 Å². The zero-order chi connectivity index (χ0) is 37.4. The Morgan fingerprint density at radius 2 is 1.30 bits per heavy atom. The van der Waals surface area contributed by atoms with Crippen LogP contribution in [0.4, 0.5) is 0 Å². The minimum atomic E-state index is -0.945. The van der Waals surface area contributed by atoms with Gasteiger partial charge in [-0.3, -0.25) is 9.97 Å². The fraction of sp³-hybridized carbons (Fsp3) is 0.182. The van der Waals surface area contributed by atoms with Crippen molar-refractivity contribution >= 4 is 40.2 Å². The van der Waals surface area contributed by atoms with E-state index in [1.807, 2.05) is 103 Å². The number of pyridine rings is 2. The van der Waals surface area contributed by atoms with Gasteiger partial charge < -0.3 is 19.5 Å². The van der Waals surface area contributed by atoms with Gasteiger partial charge in [-0.15, -0.1) is 0 Å². The van der Waals surface area contributed by atoms with Crippen LogP contribution in [0.2, 0.25) is 10.0 Å². The molecule has 0 unspecified atom stereocenters. The highest BCUT2D eigenvalue weighted by Gasteiger charge is 2.23. The van der Waals surface area contributed by atoms with E-state index in [-0.39, 0.29) is 12.2 Å². The second kappa shape index (κ2) is 17.1. The molecule has 1 aliphatic rings. The highest BCUT2D eigenvalue weighted by atomic mass is 35.5. The minimum absolute atomic E-state index is 0.0567. The van der Waals surface area contributed by atoms with Gasteiger partial charge in [0.1, 0.15) is 18.2 Å². The summed E-state index contributed by atoms with van der Waals surface area (Å²) < 4.78 is 8.44. The molecule has 0 spiro atoms. The molecule has 1 aliphatic carbocycles. The maximum absolute atomic E-state index is 11.6. The number of imidazole rings is 1. The van der Waals surface area contributed by atoms with E-state index in [0.29, 0.717) is 33.9 Å². The van der Waals surface area contributed by atoms with Crippen molar-refractivity contribution in [2.24, 2.45) is 0 Å². The van der Waals surface area contributed by atoms with Gasteiger partial charge in [0, 0.05) is 45.2 Å². The molecule has 0 aliphatic heterocycles. The van der Waals surface area contributed by atoms with Crippen LogP contribution in [0.1, 0.15) is 59.9 Å². The maximum Gasteiger partial charge on any atom is 0.335 e. The lowest BCUT2D eigenvalue weighted by molar-refractivity contribution is 0.0697. The van der Waals surface area contributed by atoms with Gasteiger partial charge in [0.25, 0.3) is 0 Å². The van der Waals surface area contributed by atoms with Crippen molar-refractivity contribution in [2.75, 3.05) is 0 Å². The van der Waals surface area contributed by atoms with Gasteiger partial charge in [0.15, 0.2) is 0 Å². The number of hydrogen-bond donors (Lipinski definition) is 2. The number of aliphatic hydroxyl groups excluding tert-OH is 1. The van der Waals surface area contributed by atoms with Gasteiger partial charge in [0.2, 0.25) is 0 Å². The summed E-state index contributed by atoms with van der Waals surface area (Å²) in [4.78, 5) is 25.1. The molecule has 1 fully saturated rings. The number of benzene rings is 4. The van der Waals surface area contributed by atoms with Crippen molar-refractivity contribution < 1.29 is 19.7 Å². The molecule has 0 radical (unpaired) electrons. The van der Waals surface area contributed by atoms with Crippen LogP contribution in [0.5, 0.6) is 5.75 Å². The molecular weight excluding hydrogens is 719 g/mol. The third-order valence-corrected chi connectivity index (χ3v) is 10.1. The molecular formula is C44H38Cl2N4O4. The number of carboxylic acids is 1. The molecule has 1 saturated carbocycles. The number of carbonyl (C=O) groups is 1. The molecule has 54 heavy (non-hydrogen) atoms. The second-order valence-electron chi connectivity index (χ2n) is 13.1. The largest absolute Gasteiger partial charge is 0.487 e. The van der Waals surface area contributed by atoms with Gasteiger partial charge >= 0.3 is 5.97 Å². The fourth-order valence-electron chi connectivity index (χ4n) is 6.90. The van der Waals surface area contributed by atoms with Gasteiger partial charge in [-0.25, -0.2) is 9.78 Å². The number of nitrogens with zero attached hydrogens (tertiary/aromatic N) is 4. The van der Waals surface area contributed by atoms with Crippen LogP contribution >= 0.6 is 23.2 Å². The van der Waals surface area contributed by atoms with Crippen molar-refractivity contribution in [1.82, 2.24) is 19.5 Å². The standard InChI is InChI=1S/C32H28ClN3O3.C12H10ClNO/c33-24-13-8-21(9-14-24)27-7-4-18-34-29(27)20-39-26-15-10-22(11-16-26)31-35-28-19-23(32(37)38)12-17-30(28)36(31)25-5-2-1-3-6-25;13-10-5-3-9(4-6-10)11-2-1-7-14-12(11)8-15/h4,7-19,25H,1-3,5-6,20H2,(H,37,38);1-7,15H,8H2.